The average Bonchev–Trinajstić information content (AvgIpc) is 1.96. The van der Waals surface area contributed by atoms with Gasteiger partial charge in [0.2, 0.25) is 0 Å². The van der Waals surface area contributed by atoms with Crippen LogP contribution in [0.3, 0.4) is 0 Å². The Hall–Kier alpha value is -0.920. The Kier molecular flexibility index (Phi) is 5.31. The summed E-state index contributed by atoms with van der Waals surface area (Å²) in [5.74, 6) is -1.37. The van der Waals surface area contributed by atoms with E-state index in [9.17, 15) is 17.4 Å². The summed E-state index contributed by atoms with van der Waals surface area (Å²) < 4.78 is 42.9. The van der Waals surface area contributed by atoms with Crippen LogP contribution in [0.5, 0.6) is 0 Å². The molecule has 0 saturated heterocycles. The molecule has 1 atom stereocenters. The fourth-order valence-electron chi connectivity index (χ4n) is 1.26. The molecule has 8 heteroatoms. The van der Waals surface area contributed by atoms with Crippen molar-refractivity contribution in [1.82, 2.24) is 0 Å². The summed E-state index contributed by atoms with van der Waals surface area (Å²) in [7, 11) is -0.671. The first-order valence-corrected chi connectivity index (χ1v) is 6.13. The lowest BCUT2D eigenvalue weighted by Gasteiger charge is -2.24. The highest BCUT2D eigenvalue weighted by Crippen LogP contribution is 2.15. The maximum absolute atomic E-state index is 11.1. The van der Waals surface area contributed by atoms with Crippen LogP contribution in [-0.4, -0.2) is 44.2 Å². The van der Waals surface area contributed by atoms with E-state index in [4.69, 9.17) is 9.90 Å². The predicted molar refractivity (Wildman–Crippen MR) is 58.8 cm³/mol. The van der Waals surface area contributed by atoms with Crippen molar-refractivity contribution in [2.45, 2.75) is 32.5 Å². The van der Waals surface area contributed by atoms with Crippen LogP contribution in [-0.2, 0) is 15.6 Å². The minimum atomic E-state index is -5.08. The largest absolute Gasteiger partial charge is 0.490 e. The summed E-state index contributed by atoms with van der Waals surface area (Å²) in [5.41, 5.74) is 0.933. The van der Waals surface area contributed by atoms with Crippen molar-refractivity contribution in [1.29, 1.82) is 0 Å². The molecule has 0 radical (unpaired) electrons. The first kappa shape index (κ1) is 16.1. The Morgan fingerprint density at radius 3 is 2.12 bits per heavy atom. The Bertz CT molecular complexity index is 350. The molecule has 0 amide bonds. The van der Waals surface area contributed by atoms with E-state index < -0.39 is 22.9 Å². The molecular weight excluding hydrogens is 259 g/mol. The van der Waals surface area contributed by atoms with Crippen molar-refractivity contribution in [3.05, 3.63) is 0 Å². The molecule has 100 valence electrons. The lowest BCUT2D eigenvalue weighted by molar-refractivity contribution is -0.192. The van der Waals surface area contributed by atoms with Crippen molar-refractivity contribution in [2.24, 2.45) is 4.99 Å². The quantitative estimate of drug-likeness (QED) is 0.729. The van der Waals surface area contributed by atoms with Crippen LogP contribution in [0.15, 0.2) is 4.99 Å². The van der Waals surface area contributed by atoms with Gasteiger partial charge in [0.1, 0.15) is 0 Å². The van der Waals surface area contributed by atoms with Gasteiger partial charge in [0.15, 0.2) is 0 Å². The third-order valence-corrected chi connectivity index (χ3v) is 3.39. The minimum Gasteiger partial charge on any atom is -0.475 e. The zero-order chi connectivity index (χ0) is 13.9. The molecule has 0 fully saturated rings. The highest BCUT2D eigenvalue weighted by molar-refractivity contribution is 7.85. The van der Waals surface area contributed by atoms with Gasteiger partial charge in [-0.1, -0.05) is 0 Å². The third-order valence-electron chi connectivity index (χ3n) is 1.62. The fourth-order valence-corrected chi connectivity index (χ4v) is 2.74. The first-order chi connectivity index (χ1) is 7.44. The molecule has 0 saturated carbocycles. The molecule has 0 aromatic heterocycles. The fraction of sp³-hybridized carbons (Fsp3) is 0.778. The lowest BCUT2D eigenvalue weighted by atomic mass is 10.1. The zero-order valence-electron chi connectivity index (χ0n) is 9.67. The number of carboxylic acid groups (broad SMARTS) is 1. The maximum atomic E-state index is 11.1. The molecule has 1 N–H and O–H groups in total. The topological polar surface area (TPSA) is 66.7 Å². The molecule has 4 nitrogen and oxygen atoms in total. The summed E-state index contributed by atoms with van der Waals surface area (Å²) in [6.45, 7) is 5.99. The molecular formula is C9H14F3NO3S. The Morgan fingerprint density at radius 1 is 1.47 bits per heavy atom. The van der Waals surface area contributed by atoms with E-state index in [-0.39, 0.29) is 5.54 Å². The second-order valence-electron chi connectivity index (χ2n) is 4.19. The zero-order valence-corrected chi connectivity index (χ0v) is 10.5. The van der Waals surface area contributed by atoms with Crippen LogP contribution >= 0.6 is 0 Å². The predicted octanol–water partition coefficient (Wildman–Crippen LogP) is 1.62. The summed E-state index contributed by atoms with van der Waals surface area (Å²) in [6.07, 6.45) is -5.08. The average molecular weight is 273 g/mol. The molecule has 1 aliphatic rings. The molecule has 1 rings (SSSR count). The van der Waals surface area contributed by atoms with Gasteiger partial charge in [-0.2, -0.15) is 13.2 Å². The van der Waals surface area contributed by atoms with E-state index in [0.29, 0.717) is 11.5 Å². The Labute approximate surface area is 99.4 Å². The standard InChI is InChI=1S/C7H13NOS.C2HF3O2/c1-6-4-10(9)5-7(2,3)8-6;3-2(4,5)1(6)7/h4-5H2,1-3H3;(H,6,7). The van der Waals surface area contributed by atoms with Crippen molar-refractivity contribution in [3.63, 3.8) is 0 Å². The molecule has 1 heterocycles. The molecule has 1 unspecified atom stereocenters. The van der Waals surface area contributed by atoms with E-state index in [1.807, 2.05) is 20.8 Å². The molecule has 0 aromatic rings. The van der Waals surface area contributed by atoms with Crippen LogP contribution in [0.2, 0.25) is 0 Å². The van der Waals surface area contributed by atoms with Crippen LogP contribution in [0.25, 0.3) is 0 Å². The number of hydrogen-bond donors (Lipinski definition) is 1. The van der Waals surface area contributed by atoms with Crippen LogP contribution in [0, 0.1) is 0 Å². The highest BCUT2D eigenvalue weighted by Gasteiger charge is 2.38. The molecule has 0 aliphatic carbocycles. The normalized spacial score (nSPS) is 23.2. The van der Waals surface area contributed by atoms with Crippen LogP contribution in [0.4, 0.5) is 13.2 Å². The van der Waals surface area contributed by atoms with E-state index >= 15 is 0 Å². The molecule has 1 aliphatic heterocycles. The number of alkyl halides is 3. The Morgan fingerprint density at radius 2 is 1.88 bits per heavy atom. The van der Waals surface area contributed by atoms with Crippen molar-refractivity contribution >= 4 is 22.5 Å². The summed E-state index contributed by atoms with van der Waals surface area (Å²) >= 11 is 0. The highest BCUT2D eigenvalue weighted by atomic mass is 32.2. The van der Waals surface area contributed by atoms with Crippen molar-refractivity contribution in [2.75, 3.05) is 11.5 Å². The lowest BCUT2D eigenvalue weighted by Crippen LogP contribution is -2.34. The first-order valence-electron chi connectivity index (χ1n) is 4.64. The van der Waals surface area contributed by atoms with Gasteiger partial charge in [-0.05, 0) is 20.8 Å². The number of nitrogens with zero attached hydrogens (tertiary/aromatic N) is 1. The molecule has 0 aromatic carbocycles. The minimum absolute atomic E-state index is 0.0901. The number of halogens is 3. The summed E-state index contributed by atoms with van der Waals surface area (Å²) in [5, 5.41) is 7.12. The van der Waals surface area contributed by atoms with Crippen LogP contribution in [0.1, 0.15) is 20.8 Å². The number of carbonyl (C=O) groups is 1. The van der Waals surface area contributed by atoms with Gasteiger partial charge in [-0.15, -0.1) is 0 Å². The van der Waals surface area contributed by atoms with E-state index in [2.05, 4.69) is 4.99 Å². The number of hydrogen-bond acceptors (Lipinski definition) is 3. The van der Waals surface area contributed by atoms with Gasteiger partial charge in [-0.25, -0.2) is 4.79 Å². The molecule has 0 spiro atoms. The second kappa shape index (κ2) is 5.61. The van der Waals surface area contributed by atoms with Crippen LogP contribution < -0.4 is 0 Å². The van der Waals surface area contributed by atoms with Gasteiger partial charge >= 0.3 is 12.1 Å². The SMILES string of the molecule is CC1=NC(C)(C)CS(=O)C1.O=C(O)C(F)(F)F. The van der Waals surface area contributed by atoms with Gasteiger partial charge in [-0.3, -0.25) is 9.20 Å². The van der Waals surface area contributed by atoms with E-state index in [1.54, 1.807) is 0 Å². The smallest absolute Gasteiger partial charge is 0.475 e. The summed E-state index contributed by atoms with van der Waals surface area (Å²) in [4.78, 5) is 13.3. The number of rotatable bonds is 0. The maximum Gasteiger partial charge on any atom is 0.490 e. The third kappa shape index (κ3) is 7.09. The van der Waals surface area contributed by atoms with Gasteiger partial charge < -0.3 is 5.11 Å². The summed E-state index contributed by atoms with van der Waals surface area (Å²) in [6, 6.07) is 0. The molecule has 17 heavy (non-hydrogen) atoms. The monoisotopic (exact) mass is 273 g/mol. The molecule has 0 bridgehead atoms. The number of carboxylic acids is 1. The Balaban J connectivity index is 0.000000325. The van der Waals surface area contributed by atoms with Gasteiger partial charge in [0.25, 0.3) is 0 Å². The number of aliphatic carboxylic acids is 1. The van der Waals surface area contributed by atoms with Crippen molar-refractivity contribution in [3.8, 4) is 0 Å². The number of aliphatic imine (C=N–C) groups is 1. The van der Waals surface area contributed by atoms with Gasteiger partial charge in [0, 0.05) is 22.3 Å². The van der Waals surface area contributed by atoms with Gasteiger partial charge in [0.05, 0.1) is 11.3 Å². The van der Waals surface area contributed by atoms with E-state index in [0.717, 1.165) is 5.71 Å². The van der Waals surface area contributed by atoms with E-state index in [1.165, 1.54) is 0 Å². The second-order valence-corrected chi connectivity index (χ2v) is 5.65. The van der Waals surface area contributed by atoms with Crippen molar-refractivity contribution < 1.29 is 27.3 Å².